The Morgan fingerprint density at radius 2 is 1.93 bits per heavy atom. The Hall–Kier alpha value is -3.02. The largest absolute Gasteiger partial charge is 0.493 e. The third-order valence-corrected chi connectivity index (χ3v) is 4.52. The number of rotatable bonds is 6. The zero-order chi connectivity index (χ0) is 19.1. The van der Waals surface area contributed by atoms with Crippen molar-refractivity contribution in [3.05, 3.63) is 54.4 Å². The second kappa shape index (κ2) is 9.07. The van der Waals surface area contributed by atoms with Gasteiger partial charge < -0.3 is 19.1 Å². The van der Waals surface area contributed by atoms with E-state index in [-0.39, 0.29) is 12.0 Å². The average Bonchev–Trinajstić information content (AvgIpc) is 2.73. The third-order valence-electron chi connectivity index (χ3n) is 4.52. The first-order valence-corrected chi connectivity index (χ1v) is 8.95. The summed E-state index contributed by atoms with van der Waals surface area (Å²) in [6.07, 6.45) is 8.57. The van der Waals surface area contributed by atoms with E-state index < -0.39 is 0 Å². The van der Waals surface area contributed by atoms with Gasteiger partial charge in [-0.15, -0.1) is 0 Å². The standard InChI is InChI=1S/C21H24N2O4/c1-25-19-7-5-16(14-20(19)26-2)6-8-21(24)23-12-9-17(10-13-23)27-18-4-3-11-22-15-18/h3-8,11,14-15,17H,9-10,12-13H2,1-2H3/b8-6+. The molecule has 2 heterocycles. The van der Waals surface area contributed by atoms with Gasteiger partial charge >= 0.3 is 0 Å². The molecule has 2 aromatic rings. The molecule has 0 radical (unpaired) electrons. The summed E-state index contributed by atoms with van der Waals surface area (Å²) in [5, 5.41) is 0. The summed E-state index contributed by atoms with van der Waals surface area (Å²) in [7, 11) is 3.19. The van der Waals surface area contributed by atoms with Gasteiger partial charge in [0.1, 0.15) is 11.9 Å². The van der Waals surface area contributed by atoms with Gasteiger partial charge in [-0.1, -0.05) is 6.07 Å². The van der Waals surface area contributed by atoms with Crippen molar-refractivity contribution in [3.8, 4) is 17.2 Å². The quantitative estimate of drug-likeness (QED) is 0.733. The molecule has 1 aromatic heterocycles. The lowest BCUT2D eigenvalue weighted by Crippen LogP contribution is -2.41. The van der Waals surface area contributed by atoms with Crippen molar-refractivity contribution in [2.24, 2.45) is 0 Å². The maximum atomic E-state index is 12.4. The molecule has 0 aliphatic carbocycles. The van der Waals surface area contributed by atoms with Crippen LogP contribution < -0.4 is 14.2 Å². The summed E-state index contributed by atoms with van der Waals surface area (Å²) in [6.45, 7) is 1.36. The summed E-state index contributed by atoms with van der Waals surface area (Å²) in [6, 6.07) is 9.31. The molecule has 27 heavy (non-hydrogen) atoms. The monoisotopic (exact) mass is 368 g/mol. The van der Waals surface area contributed by atoms with Crippen LogP contribution in [-0.4, -0.2) is 49.2 Å². The number of amides is 1. The summed E-state index contributed by atoms with van der Waals surface area (Å²) in [5.41, 5.74) is 0.885. The molecule has 0 atom stereocenters. The van der Waals surface area contributed by atoms with Crippen LogP contribution in [0.4, 0.5) is 0 Å². The molecule has 3 rings (SSSR count). The molecule has 0 unspecified atom stereocenters. The Kier molecular flexibility index (Phi) is 6.30. The van der Waals surface area contributed by atoms with Crippen molar-refractivity contribution in [1.29, 1.82) is 0 Å². The van der Waals surface area contributed by atoms with Gasteiger partial charge in [-0.05, 0) is 35.9 Å². The van der Waals surface area contributed by atoms with Gasteiger partial charge in [-0.2, -0.15) is 0 Å². The normalized spacial score (nSPS) is 15.0. The van der Waals surface area contributed by atoms with Crippen LogP contribution in [-0.2, 0) is 4.79 Å². The molecule has 0 saturated carbocycles. The molecule has 1 aromatic carbocycles. The first-order chi connectivity index (χ1) is 13.2. The van der Waals surface area contributed by atoms with E-state index >= 15 is 0 Å². The Bertz CT molecular complexity index is 784. The number of likely N-dealkylation sites (tertiary alicyclic amines) is 1. The predicted octanol–water partition coefficient (Wildman–Crippen LogP) is 3.18. The minimum absolute atomic E-state index is 0.00427. The Morgan fingerprint density at radius 3 is 2.59 bits per heavy atom. The van der Waals surface area contributed by atoms with Gasteiger partial charge in [0.05, 0.1) is 20.4 Å². The van der Waals surface area contributed by atoms with Crippen molar-refractivity contribution < 1.29 is 19.0 Å². The second-order valence-corrected chi connectivity index (χ2v) is 6.28. The summed E-state index contributed by atoms with van der Waals surface area (Å²) in [4.78, 5) is 18.3. The molecule has 1 aliphatic rings. The number of hydrogen-bond donors (Lipinski definition) is 0. The van der Waals surface area contributed by atoms with Crippen molar-refractivity contribution in [3.63, 3.8) is 0 Å². The molecular weight excluding hydrogens is 344 g/mol. The SMILES string of the molecule is COc1ccc(/C=C/C(=O)N2CCC(Oc3cccnc3)CC2)cc1OC. The highest BCUT2D eigenvalue weighted by atomic mass is 16.5. The van der Waals surface area contributed by atoms with Gasteiger partial charge in [0.15, 0.2) is 11.5 Å². The Morgan fingerprint density at radius 1 is 1.15 bits per heavy atom. The lowest BCUT2D eigenvalue weighted by molar-refractivity contribution is -0.127. The molecule has 0 N–H and O–H groups in total. The number of ether oxygens (including phenoxy) is 3. The fourth-order valence-corrected chi connectivity index (χ4v) is 3.03. The van der Waals surface area contributed by atoms with E-state index in [1.165, 1.54) is 0 Å². The molecule has 1 aliphatic heterocycles. The zero-order valence-electron chi connectivity index (χ0n) is 15.6. The number of aromatic nitrogens is 1. The smallest absolute Gasteiger partial charge is 0.246 e. The van der Waals surface area contributed by atoms with Crippen LogP contribution in [0, 0.1) is 0 Å². The highest BCUT2D eigenvalue weighted by Gasteiger charge is 2.22. The minimum Gasteiger partial charge on any atom is -0.493 e. The van der Waals surface area contributed by atoms with E-state index in [1.807, 2.05) is 35.2 Å². The summed E-state index contributed by atoms with van der Waals surface area (Å²) in [5.74, 6) is 2.08. The van der Waals surface area contributed by atoms with Crippen LogP contribution in [0.15, 0.2) is 48.8 Å². The first-order valence-electron chi connectivity index (χ1n) is 8.95. The summed E-state index contributed by atoms with van der Waals surface area (Å²) >= 11 is 0. The summed E-state index contributed by atoms with van der Waals surface area (Å²) < 4.78 is 16.4. The van der Waals surface area contributed by atoms with E-state index in [1.54, 1.807) is 38.8 Å². The lowest BCUT2D eigenvalue weighted by Gasteiger charge is -2.31. The molecule has 0 spiro atoms. The van der Waals surface area contributed by atoms with E-state index in [2.05, 4.69) is 4.98 Å². The van der Waals surface area contributed by atoms with E-state index in [9.17, 15) is 4.79 Å². The van der Waals surface area contributed by atoms with Gasteiger partial charge in [-0.25, -0.2) is 0 Å². The average molecular weight is 368 g/mol. The number of methoxy groups -OCH3 is 2. The molecule has 1 fully saturated rings. The molecular formula is C21H24N2O4. The number of pyridine rings is 1. The highest BCUT2D eigenvalue weighted by molar-refractivity contribution is 5.91. The number of piperidine rings is 1. The van der Waals surface area contributed by atoms with Gasteiger partial charge in [-0.3, -0.25) is 9.78 Å². The lowest BCUT2D eigenvalue weighted by atomic mass is 10.1. The number of nitrogens with zero attached hydrogens (tertiary/aromatic N) is 2. The highest BCUT2D eigenvalue weighted by Crippen LogP contribution is 2.28. The fraction of sp³-hybridized carbons (Fsp3) is 0.333. The van der Waals surface area contributed by atoms with Crippen LogP contribution in [0.2, 0.25) is 0 Å². The molecule has 1 amide bonds. The van der Waals surface area contributed by atoms with Gasteiger partial charge in [0.25, 0.3) is 0 Å². The maximum Gasteiger partial charge on any atom is 0.246 e. The molecule has 1 saturated heterocycles. The first kappa shape index (κ1) is 18.8. The molecule has 0 bridgehead atoms. The van der Waals surface area contributed by atoms with E-state index in [4.69, 9.17) is 14.2 Å². The number of benzene rings is 1. The van der Waals surface area contributed by atoms with Crippen LogP contribution in [0.25, 0.3) is 6.08 Å². The topological polar surface area (TPSA) is 60.9 Å². The molecule has 6 nitrogen and oxygen atoms in total. The van der Waals surface area contributed by atoms with Gasteiger partial charge in [0, 0.05) is 38.2 Å². The third kappa shape index (κ3) is 5.00. The Balaban J connectivity index is 1.53. The van der Waals surface area contributed by atoms with Crippen LogP contribution in [0.1, 0.15) is 18.4 Å². The number of carbonyl (C=O) groups excluding carboxylic acids is 1. The van der Waals surface area contributed by atoms with Crippen molar-refractivity contribution >= 4 is 12.0 Å². The molecule has 6 heteroatoms. The van der Waals surface area contributed by atoms with Gasteiger partial charge in [0.2, 0.25) is 5.91 Å². The second-order valence-electron chi connectivity index (χ2n) is 6.28. The van der Waals surface area contributed by atoms with E-state index in [0.717, 1.165) is 24.2 Å². The minimum atomic E-state index is 0.00427. The van der Waals surface area contributed by atoms with Crippen molar-refractivity contribution in [2.45, 2.75) is 18.9 Å². The van der Waals surface area contributed by atoms with Crippen LogP contribution >= 0.6 is 0 Å². The number of hydrogen-bond acceptors (Lipinski definition) is 5. The van der Waals surface area contributed by atoms with Crippen molar-refractivity contribution in [1.82, 2.24) is 9.88 Å². The van der Waals surface area contributed by atoms with Crippen LogP contribution in [0.3, 0.4) is 0 Å². The fourth-order valence-electron chi connectivity index (χ4n) is 3.03. The maximum absolute atomic E-state index is 12.4. The van der Waals surface area contributed by atoms with Crippen LogP contribution in [0.5, 0.6) is 17.2 Å². The Labute approximate surface area is 159 Å². The zero-order valence-corrected chi connectivity index (χ0v) is 15.6. The van der Waals surface area contributed by atoms with Crippen molar-refractivity contribution in [2.75, 3.05) is 27.3 Å². The predicted molar refractivity (Wildman–Crippen MR) is 103 cm³/mol. The molecule has 142 valence electrons. The van der Waals surface area contributed by atoms with E-state index in [0.29, 0.717) is 24.6 Å². The number of carbonyl (C=O) groups is 1.